The summed E-state index contributed by atoms with van der Waals surface area (Å²) in [5.41, 5.74) is 7.67. The molecule has 138 valence electrons. The first kappa shape index (κ1) is 16.9. The molecular weight excluding hydrogens is 332 g/mol. The van der Waals surface area contributed by atoms with Crippen molar-refractivity contribution < 1.29 is 14.3 Å². The van der Waals surface area contributed by atoms with E-state index in [2.05, 4.69) is 15.5 Å². The normalized spacial score (nSPS) is 17.9. The highest BCUT2D eigenvalue weighted by Gasteiger charge is 2.33. The third-order valence-electron chi connectivity index (χ3n) is 5.47. The predicted octanol–water partition coefficient (Wildman–Crippen LogP) is 3.04. The number of hydrogen-bond donors (Lipinski definition) is 3. The van der Waals surface area contributed by atoms with Gasteiger partial charge >= 0.3 is 0 Å². The van der Waals surface area contributed by atoms with Crippen molar-refractivity contribution in [2.45, 2.75) is 38.5 Å². The Hall–Kier alpha value is -2.54. The molecular formula is C19H24N4O3. The zero-order valence-corrected chi connectivity index (χ0v) is 14.7. The molecule has 0 unspecified atom stereocenters. The summed E-state index contributed by atoms with van der Waals surface area (Å²) in [4.78, 5) is 12.7. The van der Waals surface area contributed by atoms with Crippen LogP contribution in [-0.4, -0.2) is 29.4 Å². The van der Waals surface area contributed by atoms with Crippen LogP contribution in [0.1, 0.15) is 38.5 Å². The van der Waals surface area contributed by atoms with E-state index in [-0.39, 0.29) is 18.1 Å². The average Bonchev–Trinajstić information content (AvgIpc) is 3.30. The molecule has 2 aliphatic rings. The van der Waals surface area contributed by atoms with Gasteiger partial charge in [0.1, 0.15) is 5.82 Å². The van der Waals surface area contributed by atoms with Gasteiger partial charge in [-0.3, -0.25) is 9.89 Å². The molecule has 1 fully saturated rings. The molecule has 4 N–H and O–H groups in total. The van der Waals surface area contributed by atoms with Crippen LogP contribution in [-0.2, 0) is 4.79 Å². The first-order chi connectivity index (χ1) is 12.7. The van der Waals surface area contributed by atoms with Crippen LogP contribution in [0.4, 0.5) is 5.82 Å². The molecule has 0 spiro atoms. The fourth-order valence-electron chi connectivity index (χ4n) is 3.94. The van der Waals surface area contributed by atoms with Gasteiger partial charge in [0.2, 0.25) is 12.7 Å². The van der Waals surface area contributed by atoms with Crippen LogP contribution in [0.15, 0.2) is 24.4 Å². The summed E-state index contributed by atoms with van der Waals surface area (Å²) in [6, 6.07) is 5.68. The van der Waals surface area contributed by atoms with E-state index < -0.39 is 0 Å². The Balaban J connectivity index is 1.49. The van der Waals surface area contributed by atoms with Crippen molar-refractivity contribution in [3.05, 3.63) is 24.4 Å². The van der Waals surface area contributed by atoms with E-state index in [0.29, 0.717) is 24.5 Å². The van der Waals surface area contributed by atoms with Gasteiger partial charge in [-0.2, -0.15) is 5.10 Å². The second-order valence-electron chi connectivity index (χ2n) is 7.22. The maximum atomic E-state index is 12.7. The molecule has 0 atom stereocenters. The number of fused-ring (bicyclic) bond motifs is 1. The van der Waals surface area contributed by atoms with Crippen LogP contribution in [0.2, 0.25) is 0 Å². The van der Waals surface area contributed by atoms with Gasteiger partial charge in [-0.25, -0.2) is 0 Å². The van der Waals surface area contributed by atoms with Crippen molar-refractivity contribution in [1.82, 2.24) is 10.2 Å². The van der Waals surface area contributed by atoms with Crippen molar-refractivity contribution in [2.75, 3.05) is 18.7 Å². The highest BCUT2D eigenvalue weighted by Crippen LogP contribution is 2.40. The van der Waals surface area contributed by atoms with Gasteiger partial charge < -0.3 is 20.5 Å². The lowest BCUT2D eigenvalue weighted by molar-refractivity contribution is -0.118. The topological polar surface area (TPSA) is 102 Å². The highest BCUT2D eigenvalue weighted by molar-refractivity contribution is 5.94. The molecule has 7 heteroatoms. The van der Waals surface area contributed by atoms with Crippen molar-refractivity contribution in [3.63, 3.8) is 0 Å². The first-order valence-electron chi connectivity index (χ1n) is 9.12. The molecule has 0 radical (unpaired) electrons. The number of nitrogens with one attached hydrogen (secondary N) is 2. The first-order valence-corrected chi connectivity index (χ1v) is 9.12. The molecule has 2 aromatic rings. The van der Waals surface area contributed by atoms with Crippen molar-refractivity contribution in [3.8, 4) is 22.6 Å². The summed E-state index contributed by atoms with van der Waals surface area (Å²) in [5.74, 6) is 2.00. The van der Waals surface area contributed by atoms with Gasteiger partial charge in [0.05, 0.1) is 6.20 Å². The van der Waals surface area contributed by atoms with Crippen LogP contribution in [0, 0.1) is 5.41 Å². The van der Waals surface area contributed by atoms with Crippen molar-refractivity contribution in [1.29, 1.82) is 0 Å². The van der Waals surface area contributed by atoms with E-state index in [4.69, 9.17) is 15.2 Å². The predicted molar refractivity (Wildman–Crippen MR) is 98.0 cm³/mol. The second kappa shape index (κ2) is 6.99. The number of nitrogens with two attached hydrogens (primary N) is 1. The van der Waals surface area contributed by atoms with Gasteiger partial charge in [0.25, 0.3) is 0 Å². The molecule has 1 aliphatic heterocycles. The summed E-state index contributed by atoms with van der Waals surface area (Å²) in [5, 5.41) is 9.96. The number of ether oxygens (including phenoxy) is 2. The standard InChI is InChI=1S/C19H24N4O3/c20-11-19(6-2-1-3-7-19)9-17(24)22-18-14(10-21-23-18)13-4-5-15-16(8-13)26-12-25-15/h4-5,8,10H,1-3,6-7,9,11-12,20H2,(H2,21,22,23,24). The lowest BCUT2D eigenvalue weighted by atomic mass is 9.71. The third kappa shape index (κ3) is 3.26. The van der Waals surface area contributed by atoms with Crippen molar-refractivity contribution >= 4 is 11.7 Å². The Bertz CT molecular complexity index is 796. The minimum atomic E-state index is -0.0682. The number of H-pyrrole nitrogens is 1. The largest absolute Gasteiger partial charge is 0.454 e. The van der Waals surface area contributed by atoms with Crippen LogP contribution in [0.5, 0.6) is 11.5 Å². The molecule has 0 saturated heterocycles. The molecule has 1 saturated carbocycles. The number of hydrogen-bond acceptors (Lipinski definition) is 5. The molecule has 4 rings (SSSR count). The fraction of sp³-hybridized carbons (Fsp3) is 0.474. The Kier molecular flexibility index (Phi) is 4.55. The van der Waals surface area contributed by atoms with Crippen LogP contribution < -0.4 is 20.5 Å². The number of aromatic nitrogens is 2. The zero-order valence-electron chi connectivity index (χ0n) is 14.7. The smallest absolute Gasteiger partial charge is 0.231 e. The van der Waals surface area contributed by atoms with Gasteiger partial charge in [0.15, 0.2) is 11.5 Å². The van der Waals surface area contributed by atoms with Crippen LogP contribution in [0.25, 0.3) is 11.1 Å². The Morgan fingerprint density at radius 3 is 2.85 bits per heavy atom. The SMILES string of the molecule is NCC1(CC(=O)Nc2[nH]ncc2-c2ccc3c(c2)OCO3)CCCCC1. The number of rotatable bonds is 5. The number of carbonyl (C=O) groups excluding carboxylic acids is 1. The van der Waals surface area contributed by atoms with E-state index in [1.807, 2.05) is 18.2 Å². The maximum Gasteiger partial charge on any atom is 0.231 e. The monoisotopic (exact) mass is 356 g/mol. The number of anilines is 1. The maximum absolute atomic E-state index is 12.7. The van der Waals surface area contributed by atoms with Crippen LogP contribution in [0.3, 0.4) is 0 Å². The van der Waals surface area contributed by atoms with Gasteiger partial charge in [-0.1, -0.05) is 25.3 Å². The minimum absolute atomic E-state index is 0.0245. The lowest BCUT2D eigenvalue weighted by Crippen LogP contribution is -2.36. The summed E-state index contributed by atoms with van der Waals surface area (Å²) in [6.45, 7) is 0.785. The average molecular weight is 356 g/mol. The van der Waals surface area contributed by atoms with E-state index >= 15 is 0 Å². The summed E-state index contributed by atoms with van der Waals surface area (Å²) >= 11 is 0. The van der Waals surface area contributed by atoms with E-state index in [0.717, 1.165) is 42.6 Å². The molecule has 0 bridgehead atoms. The summed E-state index contributed by atoms with van der Waals surface area (Å²) < 4.78 is 10.8. The number of aromatic amines is 1. The lowest BCUT2D eigenvalue weighted by Gasteiger charge is -2.35. The minimum Gasteiger partial charge on any atom is -0.454 e. The van der Waals surface area contributed by atoms with Crippen LogP contribution >= 0.6 is 0 Å². The summed E-state index contributed by atoms with van der Waals surface area (Å²) in [7, 11) is 0. The Labute approximate surface area is 152 Å². The van der Waals surface area contributed by atoms with Gasteiger partial charge in [-0.05, 0) is 42.5 Å². The molecule has 1 aliphatic carbocycles. The number of carbonyl (C=O) groups is 1. The molecule has 1 aromatic heterocycles. The van der Waals surface area contributed by atoms with Gasteiger partial charge in [-0.15, -0.1) is 0 Å². The van der Waals surface area contributed by atoms with E-state index in [1.54, 1.807) is 6.20 Å². The third-order valence-corrected chi connectivity index (χ3v) is 5.47. The summed E-state index contributed by atoms with van der Waals surface area (Å²) in [6.07, 6.45) is 7.73. The zero-order chi connectivity index (χ0) is 18.0. The quantitative estimate of drug-likeness (QED) is 0.764. The fourth-order valence-corrected chi connectivity index (χ4v) is 3.94. The molecule has 7 nitrogen and oxygen atoms in total. The van der Waals surface area contributed by atoms with Crippen molar-refractivity contribution in [2.24, 2.45) is 11.1 Å². The molecule has 26 heavy (non-hydrogen) atoms. The Morgan fingerprint density at radius 2 is 2.04 bits per heavy atom. The number of nitrogens with zero attached hydrogens (tertiary/aromatic N) is 1. The number of amides is 1. The Morgan fingerprint density at radius 1 is 1.23 bits per heavy atom. The van der Waals surface area contributed by atoms with E-state index in [9.17, 15) is 4.79 Å². The van der Waals surface area contributed by atoms with Gasteiger partial charge in [0, 0.05) is 12.0 Å². The molecule has 2 heterocycles. The highest BCUT2D eigenvalue weighted by atomic mass is 16.7. The number of benzene rings is 1. The molecule has 1 amide bonds. The molecule has 1 aromatic carbocycles. The van der Waals surface area contributed by atoms with E-state index in [1.165, 1.54) is 6.42 Å². The second-order valence-corrected chi connectivity index (χ2v) is 7.22.